The van der Waals surface area contributed by atoms with E-state index < -0.39 is 0 Å². The van der Waals surface area contributed by atoms with Crippen molar-refractivity contribution in [2.45, 2.75) is 51.9 Å². The molecule has 3 heterocycles. The van der Waals surface area contributed by atoms with E-state index in [1.54, 1.807) is 0 Å². The van der Waals surface area contributed by atoms with Gasteiger partial charge in [0.1, 0.15) is 11.6 Å². The van der Waals surface area contributed by atoms with Crippen LogP contribution in [0.25, 0.3) is 0 Å². The molecule has 7 heteroatoms. The molecule has 0 aliphatic carbocycles. The summed E-state index contributed by atoms with van der Waals surface area (Å²) in [7, 11) is 0. The van der Waals surface area contributed by atoms with Gasteiger partial charge < -0.3 is 14.5 Å². The van der Waals surface area contributed by atoms with E-state index in [-0.39, 0.29) is 24.3 Å². The van der Waals surface area contributed by atoms with Gasteiger partial charge in [-0.2, -0.15) is 0 Å². The van der Waals surface area contributed by atoms with Crippen LogP contribution in [0.4, 0.5) is 0 Å². The van der Waals surface area contributed by atoms with E-state index in [0.29, 0.717) is 18.7 Å². The number of ether oxygens (including phenoxy) is 1. The van der Waals surface area contributed by atoms with Gasteiger partial charge >= 0.3 is 0 Å². The first-order valence-corrected chi connectivity index (χ1v) is 11.6. The highest BCUT2D eigenvalue weighted by atomic mass is 16.5. The van der Waals surface area contributed by atoms with Crippen molar-refractivity contribution >= 4 is 11.8 Å². The predicted octanol–water partition coefficient (Wildman–Crippen LogP) is 3.04. The van der Waals surface area contributed by atoms with Crippen LogP contribution >= 0.6 is 0 Å². The maximum Gasteiger partial charge on any atom is 0.260 e. The number of piperidine rings is 1. The molecule has 2 amide bonds. The monoisotopic (exact) mass is 436 g/mol. The van der Waals surface area contributed by atoms with Crippen molar-refractivity contribution in [1.29, 1.82) is 0 Å². The van der Waals surface area contributed by atoms with Gasteiger partial charge in [0.25, 0.3) is 5.91 Å². The Morgan fingerprint density at radius 3 is 2.28 bits per heavy atom. The molecule has 0 spiro atoms. The largest absolute Gasteiger partial charge is 0.484 e. The van der Waals surface area contributed by atoms with Gasteiger partial charge in [0.2, 0.25) is 5.91 Å². The van der Waals surface area contributed by atoms with Gasteiger partial charge in [-0.1, -0.05) is 18.2 Å². The van der Waals surface area contributed by atoms with Gasteiger partial charge in [-0.15, -0.1) is 0 Å². The number of amides is 2. The van der Waals surface area contributed by atoms with E-state index in [1.807, 2.05) is 54.0 Å². The molecule has 0 radical (unpaired) electrons. The van der Waals surface area contributed by atoms with Gasteiger partial charge in [0.05, 0.1) is 6.42 Å². The van der Waals surface area contributed by atoms with Crippen LogP contribution in [0.15, 0.2) is 30.3 Å². The molecule has 1 unspecified atom stereocenters. The lowest BCUT2D eigenvalue weighted by Crippen LogP contribution is -2.42. The standard InChI is InChI=1S/C25H32N4O3/c1-18-22(15-23(30)28-12-6-7-13-28)19(2)27-25(26-18)20-9-8-14-29(16-20)24(31)17-32-21-10-4-3-5-11-21/h3-5,10-11,20H,6-9,12-17H2,1-2H3. The van der Waals surface area contributed by atoms with Gasteiger partial charge in [0.15, 0.2) is 6.61 Å². The molecule has 0 saturated carbocycles. The zero-order chi connectivity index (χ0) is 22.5. The third kappa shape index (κ3) is 5.26. The molecular weight excluding hydrogens is 404 g/mol. The van der Waals surface area contributed by atoms with E-state index in [4.69, 9.17) is 14.7 Å². The number of carbonyl (C=O) groups is 2. The van der Waals surface area contributed by atoms with Crippen LogP contribution in [-0.2, 0) is 16.0 Å². The van der Waals surface area contributed by atoms with Crippen molar-refractivity contribution in [3.63, 3.8) is 0 Å². The van der Waals surface area contributed by atoms with Gasteiger partial charge in [0, 0.05) is 49.0 Å². The highest BCUT2D eigenvalue weighted by Crippen LogP contribution is 2.26. The minimum absolute atomic E-state index is 0.0140. The molecule has 0 N–H and O–H groups in total. The quantitative estimate of drug-likeness (QED) is 0.696. The summed E-state index contributed by atoms with van der Waals surface area (Å²) in [4.78, 5) is 38.6. The molecule has 0 bridgehead atoms. The van der Waals surface area contributed by atoms with Crippen LogP contribution in [0, 0.1) is 13.8 Å². The second-order valence-electron chi connectivity index (χ2n) is 8.78. The molecule has 2 saturated heterocycles. The summed E-state index contributed by atoms with van der Waals surface area (Å²) in [5, 5.41) is 0. The minimum Gasteiger partial charge on any atom is -0.484 e. The molecule has 170 valence electrons. The van der Waals surface area contributed by atoms with Crippen molar-refractivity contribution in [1.82, 2.24) is 19.8 Å². The molecule has 7 nitrogen and oxygen atoms in total. The summed E-state index contributed by atoms with van der Waals surface area (Å²) < 4.78 is 5.64. The summed E-state index contributed by atoms with van der Waals surface area (Å²) in [6.45, 7) is 7.00. The van der Waals surface area contributed by atoms with Gasteiger partial charge in [-0.25, -0.2) is 9.97 Å². The van der Waals surface area contributed by atoms with Crippen LogP contribution in [-0.4, -0.2) is 64.4 Å². The van der Waals surface area contributed by atoms with Crippen molar-refractivity contribution in [2.24, 2.45) is 0 Å². The highest BCUT2D eigenvalue weighted by molar-refractivity contribution is 5.79. The fraction of sp³-hybridized carbons (Fsp3) is 0.520. The Bertz CT molecular complexity index is 934. The molecule has 1 aromatic carbocycles. The lowest BCUT2D eigenvalue weighted by atomic mass is 9.96. The Morgan fingerprint density at radius 2 is 1.59 bits per heavy atom. The van der Waals surface area contributed by atoms with Crippen molar-refractivity contribution in [3.05, 3.63) is 53.1 Å². The lowest BCUT2D eigenvalue weighted by Gasteiger charge is -2.32. The molecule has 2 aliphatic heterocycles. The van der Waals surface area contributed by atoms with E-state index >= 15 is 0 Å². The molecule has 2 fully saturated rings. The van der Waals surface area contributed by atoms with Crippen molar-refractivity contribution in [2.75, 3.05) is 32.8 Å². The van der Waals surface area contributed by atoms with Gasteiger partial charge in [-0.05, 0) is 51.7 Å². The molecule has 2 aliphatic rings. The molecule has 1 atom stereocenters. The summed E-state index contributed by atoms with van der Waals surface area (Å²) in [6, 6.07) is 9.40. The van der Waals surface area contributed by atoms with Crippen LogP contribution in [0.3, 0.4) is 0 Å². The normalized spacial score (nSPS) is 18.6. The first kappa shape index (κ1) is 22.2. The number of hydrogen-bond acceptors (Lipinski definition) is 5. The number of nitrogens with zero attached hydrogens (tertiary/aromatic N) is 4. The summed E-state index contributed by atoms with van der Waals surface area (Å²) in [5.74, 6) is 1.73. The second-order valence-corrected chi connectivity index (χ2v) is 8.78. The average Bonchev–Trinajstić information content (AvgIpc) is 3.35. The van der Waals surface area contributed by atoms with Gasteiger partial charge in [-0.3, -0.25) is 9.59 Å². The third-order valence-corrected chi connectivity index (χ3v) is 6.47. The summed E-state index contributed by atoms with van der Waals surface area (Å²) in [6.07, 6.45) is 4.41. The maximum atomic E-state index is 12.7. The maximum absolute atomic E-state index is 12.7. The Kier molecular flexibility index (Phi) is 7.02. The van der Waals surface area contributed by atoms with E-state index in [9.17, 15) is 9.59 Å². The minimum atomic E-state index is -0.0140. The van der Waals surface area contributed by atoms with E-state index in [2.05, 4.69) is 0 Å². The number of hydrogen-bond donors (Lipinski definition) is 0. The van der Waals surface area contributed by atoms with Crippen LogP contribution < -0.4 is 4.74 Å². The molecule has 4 rings (SSSR count). The zero-order valence-corrected chi connectivity index (χ0v) is 19.0. The number of likely N-dealkylation sites (tertiary alicyclic amines) is 2. The summed E-state index contributed by atoms with van der Waals surface area (Å²) in [5.41, 5.74) is 2.68. The van der Waals surface area contributed by atoms with E-state index in [1.165, 1.54) is 0 Å². The Hall–Kier alpha value is -2.96. The topological polar surface area (TPSA) is 75.6 Å². The molecule has 2 aromatic rings. The summed E-state index contributed by atoms with van der Waals surface area (Å²) >= 11 is 0. The first-order chi connectivity index (χ1) is 15.5. The SMILES string of the molecule is Cc1nc(C2CCCN(C(=O)COc3ccccc3)C2)nc(C)c1CC(=O)N1CCCC1. The zero-order valence-electron chi connectivity index (χ0n) is 19.0. The number of aryl methyl sites for hydroxylation is 2. The molecule has 32 heavy (non-hydrogen) atoms. The Labute approximate surface area is 189 Å². The highest BCUT2D eigenvalue weighted by Gasteiger charge is 2.28. The second kappa shape index (κ2) is 10.1. The van der Waals surface area contributed by atoms with Crippen molar-refractivity contribution < 1.29 is 14.3 Å². The van der Waals surface area contributed by atoms with Crippen LogP contribution in [0.2, 0.25) is 0 Å². The lowest BCUT2D eigenvalue weighted by molar-refractivity contribution is -0.134. The number of rotatable bonds is 6. The number of aromatic nitrogens is 2. The third-order valence-electron chi connectivity index (χ3n) is 6.47. The average molecular weight is 437 g/mol. The Morgan fingerprint density at radius 1 is 0.938 bits per heavy atom. The number of benzene rings is 1. The van der Waals surface area contributed by atoms with E-state index in [0.717, 1.165) is 68.1 Å². The predicted molar refractivity (Wildman–Crippen MR) is 122 cm³/mol. The Balaban J connectivity index is 1.39. The number of carbonyl (C=O) groups excluding carboxylic acids is 2. The fourth-order valence-electron chi connectivity index (χ4n) is 4.60. The fourth-order valence-corrected chi connectivity index (χ4v) is 4.60. The number of para-hydroxylation sites is 1. The molecular formula is C25H32N4O3. The van der Waals surface area contributed by atoms with Crippen LogP contribution in [0.5, 0.6) is 5.75 Å². The first-order valence-electron chi connectivity index (χ1n) is 11.6. The smallest absolute Gasteiger partial charge is 0.260 e. The molecule has 1 aromatic heterocycles. The van der Waals surface area contributed by atoms with Crippen molar-refractivity contribution in [3.8, 4) is 5.75 Å². The van der Waals surface area contributed by atoms with Crippen LogP contribution in [0.1, 0.15) is 54.4 Å².